The highest BCUT2D eigenvalue weighted by Crippen LogP contribution is 2.41. The van der Waals surface area contributed by atoms with Gasteiger partial charge in [0.15, 0.2) is 6.29 Å². The topological polar surface area (TPSA) is 70.2 Å². The van der Waals surface area contributed by atoms with Gasteiger partial charge in [-0.25, -0.2) is 4.98 Å². The Labute approximate surface area is 153 Å². The summed E-state index contributed by atoms with van der Waals surface area (Å²) in [7, 11) is 0. The third-order valence-corrected chi connectivity index (χ3v) is 4.84. The molecule has 0 radical (unpaired) electrons. The molecule has 3 aromatic rings. The molecule has 0 amide bonds. The summed E-state index contributed by atoms with van der Waals surface area (Å²) >= 11 is 0. The van der Waals surface area contributed by atoms with Crippen LogP contribution in [0.4, 0.5) is 11.5 Å². The molecule has 0 saturated heterocycles. The molecule has 1 fully saturated rings. The van der Waals surface area contributed by atoms with Crippen molar-refractivity contribution in [3.05, 3.63) is 53.9 Å². The molecule has 1 atom stereocenters. The van der Waals surface area contributed by atoms with E-state index in [0.29, 0.717) is 23.9 Å². The molecule has 1 aliphatic rings. The van der Waals surface area contributed by atoms with Crippen LogP contribution in [-0.4, -0.2) is 21.7 Å². The van der Waals surface area contributed by atoms with Gasteiger partial charge in [-0.3, -0.25) is 0 Å². The minimum Gasteiger partial charge on any atom is -0.364 e. The van der Waals surface area contributed by atoms with E-state index < -0.39 is 6.29 Å². The maximum Gasteiger partial charge on any atom is 0.184 e. The first kappa shape index (κ1) is 17.1. The average Bonchev–Trinajstić information content (AvgIpc) is 3.40. The van der Waals surface area contributed by atoms with Crippen LogP contribution in [-0.2, 0) is 4.74 Å². The Morgan fingerprint density at radius 2 is 2.19 bits per heavy atom. The highest BCUT2D eigenvalue weighted by molar-refractivity contribution is 5.84. The van der Waals surface area contributed by atoms with Crippen LogP contribution >= 0.6 is 0 Å². The van der Waals surface area contributed by atoms with Crippen molar-refractivity contribution >= 4 is 22.4 Å². The van der Waals surface area contributed by atoms with Gasteiger partial charge in [0.05, 0.1) is 12.2 Å². The van der Waals surface area contributed by atoms with E-state index in [1.54, 1.807) is 0 Å². The molecule has 5 heteroatoms. The molecule has 1 unspecified atom stereocenters. The predicted molar refractivity (Wildman–Crippen MR) is 104 cm³/mol. The minimum atomic E-state index is -0.966. The van der Waals surface area contributed by atoms with Crippen molar-refractivity contribution in [2.24, 2.45) is 0 Å². The number of hydrogen-bond acceptors (Lipinski definition) is 4. The van der Waals surface area contributed by atoms with Gasteiger partial charge in [0, 0.05) is 29.0 Å². The summed E-state index contributed by atoms with van der Waals surface area (Å²) in [6, 6.07) is 10.2. The van der Waals surface area contributed by atoms with Gasteiger partial charge in [-0.2, -0.15) is 0 Å². The smallest absolute Gasteiger partial charge is 0.184 e. The number of H-pyrrole nitrogens is 1. The SMILES string of the molecule is CCCCOC(O)c1cc(C2CC2)cnc1Nc1ccc2[nH]ccc2c1. The Balaban J connectivity index is 1.60. The van der Waals surface area contributed by atoms with Gasteiger partial charge in [0.2, 0.25) is 0 Å². The Morgan fingerprint density at radius 1 is 1.31 bits per heavy atom. The van der Waals surface area contributed by atoms with Crippen molar-refractivity contribution in [2.45, 2.75) is 44.8 Å². The zero-order chi connectivity index (χ0) is 17.9. The number of rotatable bonds is 8. The van der Waals surface area contributed by atoms with Crippen LogP contribution in [0.2, 0.25) is 0 Å². The first-order valence-corrected chi connectivity index (χ1v) is 9.38. The van der Waals surface area contributed by atoms with Gasteiger partial charge < -0.3 is 20.1 Å². The average molecular weight is 351 g/mol. The van der Waals surface area contributed by atoms with Gasteiger partial charge in [-0.15, -0.1) is 0 Å². The standard InChI is InChI=1S/C21H25N3O2/c1-2-3-10-26-21(25)18-12-16(14-4-5-14)13-23-20(18)24-17-6-7-19-15(11-17)8-9-22-19/h6-9,11-14,21-22,25H,2-5,10H2,1H3,(H,23,24). The van der Waals surface area contributed by atoms with Crippen molar-refractivity contribution in [2.75, 3.05) is 11.9 Å². The zero-order valence-electron chi connectivity index (χ0n) is 15.0. The lowest BCUT2D eigenvalue weighted by molar-refractivity contribution is -0.103. The number of aromatic amines is 1. The lowest BCUT2D eigenvalue weighted by Crippen LogP contribution is -2.09. The van der Waals surface area contributed by atoms with Crippen LogP contribution in [0.1, 0.15) is 55.9 Å². The second kappa shape index (κ2) is 7.48. The van der Waals surface area contributed by atoms with E-state index in [4.69, 9.17) is 4.74 Å². The van der Waals surface area contributed by atoms with Crippen molar-refractivity contribution < 1.29 is 9.84 Å². The predicted octanol–water partition coefficient (Wildman–Crippen LogP) is 4.99. The van der Waals surface area contributed by atoms with E-state index in [-0.39, 0.29) is 0 Å². The first-order valence-electron chi connectivity index (χ1n) is 9.38. The Bertz CT molecular complexity index is 886. The second-order valence-electron chi connectivity index (χ2n) is 6.96. The monoisotopic (exact) mass is 351 g/mol. The summed E-state index contributed by atoms with van der Waals surface area (Å²) in [5.74, 6) is 1.22. The van der Waals surface area contributed by atoms with E-state index in [0.717, 1.165) is 29.4 Å². The number of aromatic nitrogens is 2. The van der Waals surface area contributed by atoms with Crippen molar-refractivity contribution in [3.63, 3.8) is 0 Å². The molecule has 0 spiro atoms. The highest BCUT2D eigenvalue weighted by atomic mass is 16.6. The van der Waals surface area contributed by atoms with Crippen molar-refractivity contribution in [1.29, 1.82) is 0 Å². The molecule has 5 nitrogen and oxygen atoms in total. The van der Waals surface area contributed by atoms with E-state index in [2.05, 4.69) is 28.3 Å². The number of aliphatic hydroxyl groups is 1. The normalized spacial score (nSPS) is 15.3. The summed E-state index contributed by atoms with van der Waals surface area (Å²) < 4.78 is 5.63. The largest absolute Gasteiger partial charge is 0.364 e. The molecule has 1 saturated carbocycles. The third-order valence-electron chi connectivity index (χ3n) is 4.84. The van der Waals surface area contributed by atoms with Crippen molar-refractivity contribution in [3.8, 4) is 0 Å². The number of ether oxygens (including phenoxy) is 1. The maximum absolute atomic E-state index is 10.6. The van der Waals surface area contributed by atoms with Gasteiger partial charge in [0.1, 0.15) is 5.82 Å². The number of nitrogens with one attached hydrogen (secondary N) is 2. The fourth-order valence-corrected chi connectivity index (χ4v) is 3.13. The van der Waals surface area contributed by atoms with Crippen LogP contribution in [0.3, 0.4) is 0 Å². The van der Waals surface area contributed by atoms with Crippen LogP contribution in [0.25, 0.3) is 10.9 Å². The van der Waals surface area contributed by atoms with Crippen LogP contribution in [0, 0.1) is 0 Å². The van der Waals surface area contributed by atoms with Crippen LogP contribution in [0.15, 0.2) is 42.7 Å². The van der Waals surface area contributed by atoms with Crippen LogP contribution < -0.4 is 5.32 Å². The molecule has 1 aliphatic carbocycles. The van der Waals surface area contributed by atoms with Gasteiger partial charge in [0.25, 0.3) is 0 Å². The van der Waals surface area contributed by atoms with E-state index in [1.165, 1.54) is 18.4 Å². The van der Waals surface area contributed by atoms with Crippen molar-refractivity contribution in [1.82, 2.24) is 9.97 Å². The molecular weight excluding hydrogens is 326 g/mol. The number of nitrogens with zero attached hydrogens (tertiary/aromatic N) is 1. The second-order valence-corrected chi connectivity index (χ2v) is 6.96. The quantitative estimate of drug-likeness (QED) is 0.395. The summed E-state index contributed by atoms with van der Waals surface area (Å²) in [5, 5.41) is 15.0. The Morgan fingerprint density at radius 3 is 3.00 bits per heavy atom. The molecule has 26 heavy (non-hydrogen) atoms. The Hall–Kier alpha value is -2.37. The lowest BCUT2D eigenvalue weighted by Gasteiger charge is -2.18. The van der Waals surface area contributed by atoms with Gasteiger partial charge in [-0.05, 0) is 61.1 Å². The van der Waals surface area contributed by atoms with E-state index in [9.17, 15) is 5.11 Å². The summed E-state index contributed by atoms with van der Waals surface area (Å²) in [4.78, 5) is 7.79. The molecule has 0 aliphatic heterocycles. The molecule has 0 bridgehead atoms. The lowest BCUT2D eigenvalue weighted by atomic mass is 10.1. The van der Waals surface area contributed by atoms with E-state index in [1.807, 2.05) is 36.7 Å². The molecule has 3 N–H and O–H groups in total. The number of fused-ring (bicyclic) bond motifs is 1. The fourth-order valence-electron chi connectivity index (χ4n) is 3.13. The summed E-state index contributed by atoms with van der Waals surface area (Å²) in [6.45, 7) is 2.65. The maximum atomic E-state index is 10.6. The number of unbranched alkanes of at least 4 members (excludes halogenated alkanes) is 1. The molecule has 4 rings (SSSR count). The molecule has 1 aromatic carbocycles. The number of hydrogen-bond donors (Lipinski definition) is 3. The number of pyridine rings is 1. The molecule has 2 heterocycles. The number of aliphatic hydroxyl groups excluding tert-OH is 1. The number of anilines is 2. The van der Waals surface area contributed by atoms with Gasteiger partial charge >= 0.3 is 0 Å². The molecule has 2 aromatic heterocycles. The summed E-state index contributed by atoms with van der Waals surface area (Å²) in [5.41, 5.74) is 3.92. The Kier molecular flexibility index (Phi) is 4.91. The number of benzene rings is 1. The van der Waals surface area contributed by atoms with Crippen LogP contribution in [0.5, 0.6) is 0 Å². The minimum absolute atomic E-state index is 0.542. The zero-order valence-corrected chi connectivity index (χ0v) is 15.0. The molecule has 136 valence electrons. The fraction of sp³-hybridized carbons (Fsp3) is 0.381. The summed E-state index contributed by atoms with van der Waals surface area (Å²) in [6.07, 6.45) is 7.24. The van der Waals surface area contributed by atoms with Gasteiger partial charge in [-0.1, -0.05) is 13.3 Å². The highest BCUT2D eigenvalue weighted by Gasteiger charge is 2.26. The molecular formula is C21H25N3O2. The first-order chi connectivity index (χ1) is 12.7. The third kappa shape index (κ3) is 3.74. The van der Waals surface area contributed by atoms with E-state index >= 15 is 0 Å².